The zero-order valence-electron chi connectivity index (χ0n) is 23.2. The maximum atomic E-state index is 5.44. The monoisotopic (exact) mass is 531 g/mol. The molecule has 2 heterocycles. The van der Waals surface area contributed by atoms with Crippen LogP contribution in [0.3, 0.4) is 0 Å². The summed E-state index contributed by atoms with van der Waals surface area (Å²) in [4.78, 5) is 10.6. The van der Waals surface area contributed by atoms with Crippen LogP contribution < -0.4 is 0 Å². The van der Waals surface area contributed by atoms with Gasteiger partial charge in [0.15, 0.2) is 5.82 Å². The molecule has 4 fully saturated rings. The first kappa shape index (κ1) is 23.5. The summed E-state index contributed by atoms with van der Waals surface area (Å²) in [6.07, 6.45) is 7.54. The molecule has 3 nitrogen and oxygen atoms in total. The quantitative estimate of drug-likeness (QED) is 0.227. The van der Waals surface area contributed by atoms with Crippen LogP contribution in [0.25, 0.3) is 44.5 Å². The molecule has 2 unspecified atom stereocenters. The third kappa shape index (κ3) is 3.51. The maximum absolute atomic E-state index is 5.44. The van der Waals surface area contributed by atoms with Gasteiger partial charge in [0, 0.05) is 43.9 Å². The lowest BCUT2D eigenvalue weighted by atomic mass is 9.46. The van der Waals surface area contributed by atoms with E-state index in [0.29, 0.717) is 0 Å². The predicted octanol–water partition coefficient (Wildman–Crippen LogP) is 9.17. The smallest absolute Gasteiger partial charge is 0.160 e. The van der Waals surface area contributed by atoms with E-state index >= 15 is 0 Å². The molecule has 6 aromatic rings. The third-order valence-electron chi connectivity index (χ3n) is 10.5. The highest BCUT2D eigenvalue weighted by Crippen LogP contribution is 2.65. The lowest BCUT2D eigenvalue weighted by molar-refractivity contribution is -0.0603. The van der Waals surface area contributed by atoms with Gasteiger partial charge in [-0.15, -0.1) is 0 Å². The minimum Gasteiger partial charge on any atom is -0.334 e. The second-order valence-electron chi connectivity index (χ2n) is 13.0. The van der Waals surface area contributed by atoms with Crippen LogP contribution in [-0.4, -0.2) is 14.5 Å². The van der Waals surface area contributed by atoms with E-state index in [2.05, 4.69) is 120 Å². The lowest BCUT2D eigenvalue weighted by Gasteiger charge is -2.62. The Bertz CT molecular complexity index is 1790. The third-order valence-corrected chi connectivity index (χ3v) is 10.5. The molecule has 4 bridgehead atoms. The first-order valence-electron chi connectivity index (χ1n) is 15.2. The van der Waals surface area contributed by atoms with Gasteiger partial charge < -0.3 is 4.57 Å². The fraction of sp³-hybridized carbons (Fsp3) is 0.263. The van der Waals surface area contributed by atoms with Gasteiger partial charge in [0.2, 0.25) is 0 Å². The first-order chi connectivity index (χ1) is 20.2. The predicted molar refractivity (Wildman–Crippen MR) is 167 cm³/mol. The summed E-state index contributed by atoms with van der Waals surface area (Å²) in [5, 5.41) is 2.76. The van der Waals surface area contributed by atoms with Crippen LogP contribution in [0.2, 0.25) is 0 Å². The molecule has 4 saturated carbocycles. The molecule has 0 aliphatic heterocycles. The van der Waals surface area contributed by atoms with Crippen LogP contribution in [0, 0.1) is 11.8 Å². The molecule has 0 amide bonds. The van der Waals surface area contributed by atoms with Crippen LogP contribution >= 0.6 is 0 Å². The van der Waals surface area contributed by atoms with E-state index in [-0.39, 0.29) is 11.0 Å². The molecule has 10 rings (SSSR count). The minimum absolute atomic E-state index is 0.0621. The molecule has 4 aliphatic rings. The fourth-order valence-electron chi connectivity index (χ4n) is 9.40. The topological polar surface area (TPSA) is 30.7 Å². The molecule has 3 heteroatoms. The van der Waals surface area contributed by atoms with E-state index in [0.717, 1.165) is 40.9 Å². The van der Waals surface area contributed by atoms with E-state index in [1.54, 1.807) is 0 Å². The van der Waals surface area contributed by atoms with E-state index in [4.69, 9.17) is 9.97 Å². The van der Waals surface area contributed by atoms with Gasteiger partial charge in [-0.05, 0) is 68.6 Å². The zero-order chi connectivity index (χ0) is 27.0. The van der Waals surface area contributed by atoms with Crippen molar-refractivity contribution in [2.24, 2.45) is 11.8 Å². The number of aromatic nitrogens is 3. The summed E-state index contributed by atoms with van der Waals surface area (Å²) in [5.41, 5.74) is 7.50. The highest BCUT2D eigenvalue weighted by Gasteiger charge is 2.60. The van der Waals surface area contributed by atoms with Crippen molar-refractivity contribution in [2.45, 2.75) is 49.5 Å². The summed E-state index contributed by atoms with van der Waals surface area (Å²) in [7, 11) is 0. The van der Waals surface area contributed by atoms with Crippen molar-refractivity contribution in [1.82, 2.24) is 14.5 Å². The number of rotatable bonds is 4. The van der Waals surface area contributed by atoms with E-state index in [1.165, 1.54) is 59.6 Å². The summed E-state index contributed by atoms with van der Waals surface area (Å²) >= 11 is 0. The van der Waals surface area contributed by atoms with Crippen molar-refractivity contribution in [3.8, 4) is 22.6 Å². The number of nitrogens with zero attached hydrogens (tertiary/aromatic N) is 3. The summed E-state index contributed by atoms with van der Waals surface area (Å²) in [6.45, 7) is 0. The average molecular weight is 532 g/mol. The Morgan fingerprint density at radius 3 is 1.78 bits per heavy atom. The van der Waals surface area contributed by atoms with Crippen molar-refractivity contribution in [3.05, 3.63) is 121 Å². The van der Waals surface area contributed by atoms with Gasteiger partial charge in [-0.2, -0.15) is 0 Å². The zero-order valence-corrected chi connectivity index (χ0v) is 23.2. The van der Waals surface area contributed by atoms with Crippen LogP contribution in [0.5, 0.6) is 0 Å². The van der Waals surface area contributed by atoms with Crippen LogP contribution in [0.4, 0.5) is 0 Å². The Balaban J connectivity index is 1.26. The van der Waals surface area contributed by atoms with Crippen molar-refractivity contribution < 1.29 is 0 Å². The molecule has 2 atom stereocenters. The Morgan fingerprint density at radius 1 is 0.585 bits per heavy atom. The van der Waals surface area contributed by atoms with Gasteiger partial charge in [0.1, 0.15) is 0 Å². The van der Waals surface area contributed by atoms with Gasteiger partial charge in [-0.25, -0.2) is 9.97 Å². The summed E-state index contributed by atoms with van der Waals surface area (Å²) in [6, 6.07) is 41.7. The second-order valence-corrected chi connectivity index (χ2v) is 13.0. The number of benzene rings is 4. The van der Waals surface area contributed by atoms with Crippen LogP contribution in [0.1, 0.15) is 44.2 Å². The van der Waals surface area contributed by atoms with Crippen molar-refractivity contribution in [2.75, 3.05) is 0 Å². The van der Waals surface area contributed by atoms with Gasteiger partial charge in [-0.1, -0.05) is 97.1 Å². The highest BCUT2D eigenvalue weighted by molar-refractivity contribution is 6.08. The first-order valence-corrected chi connectivity index (χ1v) is 15.2. The summed E-state index contributed by atoms with van der Waals surface area (Å²) < 4.78 is 2.78. The molecule has 4 aliphatic carbocycles. The lowest BCUT2D eigenvalue weighted by Crippen LogP contribution is -2.58. The molecular weight excluding hydrogens is 498 g/mol. The number of hydrogen-bond acceptors (Lipinski definition) is 2. The molecule has 0 radical (unpaired) electrons. The summed E-state index contributed by atoms with van der Waals surface area (Å²) in [5.74, 6) is 2.31. The van der Waals surface area contributed by atoms with Gasteiger partial charge >= 0.3 is 0 Å². The number of para-hydroxylation sites is 2. The Hall–Kier alpha value is -4.24. The fourth-order valence-corrected chi connectivity index (χ4v) is 9.40. The van der Waals surface area contributed by atoms with E-state index in [1.807, 2.05) is 0 Å². The number of hydrogen-bond donors (Lipinski definition) is 0. The van der Waals surface area contributed by atoms with Crippen molar-refractivity contribution in [3.63, 3.8) is 0 Å². The van der Waals surface area contributed by atoms with E-state index in [9.17, 15) is 0 Å². The maximum Gasteiger partial charge on any atom is 0.160 e. The largest absolute Gasteiger partial charge is 0.334 e. The van der Waals surface area contributed by atoms with E-state index < -0.39 is 0 Å². The standard InChI is InChI=1S/C38H33N3/c1-3-11-28(12-4-1)32-20-35(40-36(39-32)29-13-5-2-6-14-29)37-21-26-19-27(22-37)24-38(23-26,25-37)41-33-17-9-7-15-30(33)31-16-8-10-18-34(31)41/h1-18,20,26-27H,19,21-25H2. The van der Waals surface area contributed by atoms with Crippen molar-refractivity contribution >= 4 is 21.8 Å². The molecule has 2 aromatic heterocycles. The molecule has 200 valence electrons. The highest BCUT2D eigenvalue weighted by atomic mass is 15.1. The average Bonchev–Trinajstić information content (AvgIpc) is 3.36. The Labute approximate surface area is 240 Å². The minimum atomic E-state index is 0.0621. The molecule has 41 heavy (non-hydrogen) atoms. The SMILES string of the molecule is c1ccc(-c2cc(C34CC5CC(C3)CC(n3c6ccccc6c6ccccc63)(C5)C4)nc(-c3ccccc3)n2)cc1. The Kier molecular flexibility index (Phi) is 4.94. The Morgan fingerprint density at radius 2 is 1.15 bits per heavy atom. The van der Waals surface area contributed by atoms with Crippen molar-refractivity contribution in [1.29, 1.82) is 0 Å². The molecule has 0 spiro atoms. The molecule has 0 N–H and O–H groups in total. The number of fused-ring (bicyclic) bond motifs is 3. The van der Waals surface area contributed by atoms with Crippen LogP contribution in [-0.2, 0) is 11.0 Å². The van der Waals surface area contributed by atoms with Gasteiger partial charge in [0.25, 0.3) is 0 Å². The van der Waals surface area contributed by atoms with Gasteiger partial charge in [-0.3, -0.25) is 0 Å². The molecule has 0 saturated heterocycles. The second kappa shape index (κ2) is 8.63. The molecular formula is C38H33N3. The van der Waals surface area contributed by atoms with Gasteiger partial charge in [0.05, 0.1) is 11.4 Å². The normalized spacial score (nSPS) is 26.6. The molecule has 4 aromatic carbocycles. The van der Waals surface area contributed by atoms with Crippen LogP contribution in [0.15, 0.2) is 115 Å².